The van der Waals surface area contributed by atoms with Gasteiger partial charge in [-0.05, 0) is 24.6 Å². The first-order valence-corrected chi connectivity index (χ1v) is 4.63. The molecule has 1 aromatic rings. The predicted octanol–water partition coefficient (Wildman–Crippen LogP) is 1.06. The molecule has 0 unspecified atom stereocenters. The molecule has 16 heavy (non-hydrogen) atoms. The van der Waals surface area contributed by atoms with Crippen molar-refractivity contribution < 1.29 is 18.7 Å². The molecule has 4 nitrogen and oxygen atoms in total. The molecule has 0 saturated heterocycles. The van der Waals surface area contributed by atoms with E-state index in [4.69, 9.17) is 5.73 Å². The van der Waals surface area contributed by atoms with E-state index in [9.17, 15) is 14.0 Å². The topological polar surface area (TPSA) is 69.4 Å². The van der Waals surface area contributed by atoms with E-state index in [2.05, 4.69) is 4.74 Å². The summed E-state index contributed by atoms with van der Waals surface area (Å²) in [6, 6.07) is 2.36. The summed E-state index contributed by atoms with van der Waals surface area (Å²) in [6.07, 6.45) is 0. The third-order valence-corrected chi connectivity index (χ3v) is 2.26. The molecule has 0 spiro atoms. The van der Waals surface area contributed by atoms with E-state index in [0.717, 1.165) is 6.07 Å². The molecule has 0 aliphatic heterocycles. The molecule has 0 aliphatic carbocycles. The Morgan fingerprint density at radius 2 is 2.06 bits per heavy atom. The number of Topliss-reactive ketones (excluding diaryl/α,β-unsaturated/α-hetero) is 1. The highest BCUT2D eigenvalue weighted by atomic mass is 19.1. The lowest BCUT2D eigenvalue weighted by Crippen LogP contribution is -2.16. The van der Waals surface area contributed by atoms with E-state index >= 15 is 0 Å². The van der Waals surface area contributed by atoms with Crippen LogP contribution in [0, 0.1) is 12.7 Å². The Kier molecular flexibility index (Phi) is 3.73. The molecule has 0 saturated carbocycles. The van der Waals surface area contributed by atoms with Crippen LogP contribution in [0.25, 0.3) is 0 Å². The Balaban J connectivity index is 3.33. The first kappa shape index (κ1) is 12.3. The number of hydrogen-bond donors (Lipinski definition) is 1. The van der Waals surface area contributed by atoms with Gasteiger partial charge in [0, 0.05) is 5.56 Å². The van der Waals surface area contributed by atoms with Crippen molar-refractivity contribution in [3.8, 4) is 0 Å². The van der Waals surface area contributed by atoms with Crippen LogP contribution < -0.4 is 5.73 Å². The van der Waals surface area contributed by atoms with Gasteiger partial charge in [-0.3, -0.25) is 4.79 Å². The number of hydrogen-bond acceptors (Lipinski definition) is 4. The zero-order valence-corrected chi connectivity index (χ0v) is 9.04. The second kappa shape index (κ2) is 4.85. The van der Waals surface area contributed by atoms with Crippen LogP contribution in [0.15, 0.2) is 12.1 Å². The highest BCUT2D eigenvalue weighted by Gasteiger charge is 2.16. The number of carbonyl (C=O) groups excluding carboxylic acids is 2. The summed E-state index contributed by atoms with van der Waals surface area (Å²) >= 11 is 0. The lowest BCUT2D eigenvalue weighted by Gasteiger charge is -2.07. The summed E-state index contributed by atoms with van der Waals surface area (Å²) < 4.78 is 17.9. The summed E-state index contributed by atoms with van der Waals surface area (Å²) in [5.41, 5.74) is 5.43. The number of carbonyl (C=O) groups is 2. The zero-order valence-electron chi connectivity index (χ0n) is 9.04. The molecule has 5 heteroatoms. The lowest BCUT2D eigenvalue weighted by molar-refractivity contribution is 0.0599. The molecule has 2 N–H and O–H groups in total. The second-order valence-electron chi connectivity index (χ2n) is 3.25. The molecule has 0 aliphatic rings. The monoisotopic (exact) mass is 225 g/mol. The highest BCUT2D eigenvalue weighted by molar-refractivity contribution is 6.00. The Morgan fingerprint density at radius 3 is 2.56 bits per heavy atom. The molecule has 0 radical (unpaired) electrons. The van der Waals surface area contributed by atoms with Gasteiger partial charge < -0.3 is 10.5 Å². The quantitative estimate of drug-likeness (QED) is 0.617. The van der Waals surface area contributed by atoms with Crippen molar-refractivity contribution in [3.63, 3.8) is 0 Å². The molecule has 0 fully saturated rings. The number of benzene rings is 1. The molecule has 86 valence electrons. The third-order valence-electron chi connectivity index (χ3n) is 2.26. The van der Waals surface area contributed by atoms with Crippen LogP contribution in [0.4, 0.5) is 4.39 Å². The number of esters is 1. The van der Waals surface area contributed by atoms with Gasteiger partial charge in [-0.2, -0.15) is 0 Å². The normalized spacial score (nSPS) is 10.0. The Morgan fingerprint density at radius 1 is 1.44 bits per heavy atom. The molecular weight excluding hydrogens is 213 g/mol. The second-order valence-corrected chi connectivity index (χ2v) is 3.25. The number of methoxy groups -OCH3 is 1. The summed E-state index contributed by atoms with van der Waals surface area (Å²) in [7, 11) is 1.19. The van der Waals surface area contributed by atoms with Crippen LogP contribution in [0.2, 0.25) is 0 Å². The minimum absolute atomic E-state index is 0.0410. The molecule has 0 atom stereocenters. The van der Waals surface area contributed by atoms with E-state index < -0.39 is 17.6 Å². The maximum atomic E-state index is 13.4. The van der Waals surface area contributed by atoms with Crippen molar-refractivity contribution in [2.45, 2.75) is 6.92 Å². The molecular formula is C11H12FNO3. The number of nitrogens with two attached hydrogens (primary N) is 1. The Labute approximate surface area is 92.2 Å². The van der Waals surface area contributed by atoms with Gasteiger partial charge in [-0.1, -0.05) is 0 Å². The van der Waals surface area contributed by atoms with E-state index in [0.29, 0.717) is 0 Å². The van der Waals surface area contributed by atoms with Gasteiger partial charge in [0.15, 0.2) is 5.78 Å². The molecule has 0 heterocycles. The summed E-state index contributed by atoms with van der Waals surface area (Å²) in [5.74, 6) is -1.73. The van der Waals surface area contributed by atoms with Crippen LogP contribution in [-0.4, -0.2) is 25.4 Å². The minimum Gasteiger partial charge on any atom is -0.465 e. The van der Waals surface area contributed by atoms with Gasteiger partial charge in [0.05, 0.1) is 19.2 Å². The fourth-order valence-electron chi connectivity index (χ4n) is 1.28. The summed E-state index contributed by atoms with van der Waals surface area (Å²) in [5, 5.41) is 0. The average Bonchev–Trinajstić information content (AvgIpc) is 2.30. The average molecular weight is 225 g/mol. The van der Waals surface area contributed by atoms with Crippen LogP contribution in [0.3, 0.4) is 0 Å². The van der Waals surface area contributed by atoms with Crippen LogP contribution in [0.1, 0.15) is 26.3 Å². The maximum Gasteiger partial charge on any atom is 0.338 e. The van der Waals surface area contributed by atoms with Crippen LogP contribution in [-0.2, 0) is 4.74 Å². The molecule has 1 aromatic carbocycles. The number of ether oxygens (including phenoxy) is 1. The predicted molar refractivity (Wildman–Crippen MR) is 55.9 cm³/mol. The number of rotatable bonds is 3. The Bertz CT molecular complexity index is 443. The van der Waals surface area contributed by atoms with Gasteiger partial charge in [0.2, 0.25) is 0 Å². The van der Waals surface area contributed by atoms with Gasteiger partial charge in [-0.25, -0.2) is 9.18 Å². The van der Waals surface area contributed by atoms with Gasteiger partial charge in [0.1, 0.15) is 5.82 Å². The van der Waals surface area contributed by atoms with E-state index in [-0.39, 0.29) is 23.2 Å². The summed E-state index contributed by atoms with van der Waals surface area (Å²) in [6.45, 7) is 1.21. The standard InChI is InChI=1S/C11H12FNO3/c1-6-8(11(15)16-2)3-7(4-9(6)12)10(14)5-13/h3-4H,5,13H2,1-2H3. The molecule has 1 rings (SSSR count). The fraction of sp³-hybridized carbons (Fsp3) is 0.273. The Hall–Kier alpha value is -1.75. The lowest BCUT2D eigenvalue weighted by atomic mass is 10.0. The van der Waals surface area contributed by atoms with E-state index in [1.165, 1.54) is 20.1 Å². The van der Waals surface area contributed by atoms with Gasteiger partial charge >= 0.3 is 5.97 Å². The van der Waals surface area contributed by atoms with Crippen molar-refractivity contribution in [1.29, 1.82) is 0 Å². The minimum atomic E-state index is -0.678. The SMILES string of the molecule is COC(=O)c1cc(C(=O)CN)cc(F)c1C. The highest BCUT2D eigenvalue weighted by Crippen LogP contribution is 2.17. The summed E-state index contributed by atoms with van der Waals surface area (Å²) in [4.78, 5) is 22.6. The van der Waals surface area contributed by atoms with Gasteiger partial charge in [0.25, 0.3) is 0 Å². The van der Waals surface area contributed by atoms with Crippen molar-refractivity contribution in [2.24, 2.45) is 5.73 Å². The molecule has 0 bridgehead atoms. The van der Waals surface area contributed by atoms with Crippen molar-refractivity contribution in [2.75, 3.05) is 13.7 Å². The third kappa shape index (κ3) is 2.25. The smallest absolute Gasteiger partial charge is 0.338 e. The van der Waals surface area contributed by atoms with Crippen molar-refractivity contribution >= 4 is 11.8 Å². The van der Waals surface area contributed by atoms with Crippen molar-refractivity contribution in [3.05, 3.63) is 34.6 Å². The van der Waals surface area contributed by atoms with Crippen LogP contribution in [0.5, 0.6) is 0 Å². The number of ketones is 1. The maximum absolute atomic E-state index is 13.4. The molecule has 0 amide bonds. The largest absolute Gasteiger partial charge is 0.465 e. The molecule has 0 aromatic heterocycles. The fourth-order valence-corrected chi connectivity index (χ4v) is 1.28. The first-order chi connectivity index (χ1) is 7.51. The first-order valence-electron chi connectivity index (χ1n) is 4.63. The zero-order chi connectivity index (χ0) is 12.3. The number of halogens is 1. The van der Waals surface area contributed by atoms with E-state index in [1.807, 2.05) is 0 Å². The van der Waals surface area contributed by atoms with Gasteiger partial charge in [-0.15, -0.1) is 0 Å². The van der Waals surface area contributed by atoms with E-state index in [1.54, 1.807) is 0 Å². The van der Waals surface area contributed by atoms with Crippen molar-refractivity contribution in [1.82, 2.24) is 0 Å². The van der Waals surface area contributed by atoms with Crippen LogP contribution >= 0.6 is 0 Å².